The van der Waals surface area contributed by atoms with Gasteiger partial charge in [-0.25, -0.2) is 4.98 Å². The van der Waals surface area contributed by atoms with Gasteiger partial charge in [-0.1, -0.05) is 37.6 Å². The number of nitrogens with zero attached hydrogens (tertiary/aromatic N) is 2. The highest BCUT2D eigenvalue weighted by atomic mass is 16.2. The Bertz CT molecular complexity index is 728. The van der Waals surface area contributed by atoms with Crippen molar-refractivity contribution in [1.82, 2.24) is 9.88 Å². The van der Waals surface area contributed by atoms with Crippen LogP contribution in [0.2, 0.25) is 0 Å². The van der Waals surface area contributed by atoms with Gasteiger partial charge in [0.15, 0.2) is 0 Å². The summed E-state index contributed by atoms with van der Waals surface area (Å²) < 4.78 is 0. The number of anilines is 1. The summed E-state index contributed by atoms with van der Waals surface area (Å²) in [4.78, 5) is 30.6. The molecule has 0 saturated carbocycles. The van der Waals surface area contributed by atoms with E-state index in [-0.39, 0.29) is 23.2 Å². The molecule has 126 valence electrons. The summed E-state index contributed by atoms with van der Waals surface area (Å²) in [5.41, 5.74) is 2.22. The van der Waals surface area contributed by atoms with Gasteiger partial charge in [-0.15, -0.1) is 0 Å². The lowest BCUT2D eigenvalue weighted by atomic mass is 10.2. The Kier molecular flexibility index (Phi) is 6.07. The van der Waals surface area contributed by atoms with Crippen molar-refractivity contribution in [2.24, 2.45) is 0 Å². The summed E-state index contributed by atoms with van der Waals surface area (Å²) in [6.45, 7) is 4.68. The number of rotatable bonds is 6. The highest BCUT2D eigenvalue weighted by Crippen LogP contribution is 2.14. The molecule has 2 aromatic rings. The van der Waals surface area contributed by atoms with Gasteiger partial charge in [0.2, 0.25) is 0 Å². The zero-order valence-corrected chi connectivity index (χ0v) is 14.4. The number of para-hydroxylation sites is 1. The molecule has 0 unspecified atom stereocenters. The van der Waals surface area contributed by atoms with Crippen molar-refractivity contribution in [3.63, 3.8) is 0 Å². The number of aryl methyl sites for hydroxylation is 1. The number of benzene rings is 1. The van der Waals surface area contributed by atoms with Gasteiger partial charge < -0.3 is 10.2 Å². The molecule has 0 radical (unpaired) electrons. The molecule has 5 heteroatoms. The smallest absolute Gasteiger partial charge is 0.274 e. The third-order valence-corrected chi connectivity index (χ3v) is 3.79. The fourth-order valence-corrected chi connectivity index (χ4v) is 2.27. The first-order valence-electron chi connectivity index (χ1n) is 8.12. The number of hydrogen-bond acceptors (Lipinski definition) is 3. The predicted octanol–water partition coefficient (Wildman–Crippen LogP) is 3.51. The number of nitrogens with one attached hydrogen (secondary N) is 1. The van der Waals surface area contributed by atoms with Crippen LogP contribution in [0.1, 0.15) is 46.3 Å². The minimum Gasteiger partial charge on any atom is -0.340 e. The van der Waals surface area contributed by atoms with Crippen LogP contribution in [0.3, 0.4) is 0 Å². The molecule has 1 aromatic carbocycles. The molecule has 0 aliphatic heterocycles. The third kappa shape index (κ3) is 4.41. The molecule has 1 aromatic heterocycles. The Balaban J connectivity index is 2.13. The number of amides is 2. The van der Waals surface area contributed by atoms with Crippen LogP contribution in [0.5, 0.6) is 0 Å². The molecule has 0 bridgehead atoms. The summed E-state index contributed by atoms with van der Waals surface area (Å²) >= 11 is 0. The van der Waals surface area contributed by atoms with E-state index < -0.39 is 0 Å². The van der Waals surface area contributed by atoms with Crippen molar-refractivity contribution in [3.8, 4) is 0 Å². The van der Waals surface area contributed by atoms with Gasteiger partial charge in [0.25, 0.3) is 11.8 Å². The molecule has 0 spiro atoms. The standard InChI is InChI=1S/C19H23N3O2/c1-4-5-13-22(3)19(24)17-12-8-11-16(20-17)18(23)21-15-10-7-6-9-14(15)2/h6-12H,4-5,13H2,1-3H3,(H,21,23). The van der Waals surface area contributed by atoms with Crippen molar-refractivity contribution in [3.05, 3.63) is 59.4 Å². The lowest BCUT2D eigenvalue weighted by molar-refractivity contribution is 0.0787. The molecular formula is C19H23N3O2. The van der Waals surface area contributed by atoms with Crippen molar-refractivity contribution in [2.75, 3.05) is 18.9 Å². The Morgan fingerprint density at radius 3 is 2.50 bits per heavy atom. The van der Waals surface area contributed by atoms with Crippen LogP contribution >= 0.6 is 0 Å². The van der Waals surface area contributed by atoms with Crippen molar-refractivity contribution in [2.45, 2.75) is 26.7 Å². The topological polar surface area (TPSA) is 62.3 Å². The summed E-state index contributed by atoms with van der Waals surface area (Å²) in [7, 11) is 1.75. The molecular weight excluding hydrogens is 302 g/mol. The summed E-state index contributed by atoms with van der Waals surface area (Å²) in [5, 5.41) is 2.83. The first kappa shape index (κ1) is 17.7. The van der Waals surface area contributed by atoms with Crippen LogP contribution in [0, 0.1) is 6.92 Å². The Hall–Kier alpha value is -2.69. The minimum absolute atomic E-state index is 0.172. The maximum absolute atomic E-state index is 12.4. The van der Waals surface area contributed by atoms with E-state index in [4.69, 9.17) is 0 Å². The van der Waals surface area contributed by atoms with Crippen LogP contribution in [0.25, 0.3) is 0 Å². The first-order chi connectivity index (χ1) is 11.5. The zero-order valence-electron chi connectivity index (χ0n) is 14.4. The average Bonchev–Trinajstić information content (AvgIpc) is 2.61. The lowest BCUT2D eigenvalue weighted by Crippen LogP contribution is -2.29. The second kappa shape index (κ2) is 8.24. The largest absolute Gasteiger partial charge is 0.340 e. The minimum atomic E-state index is -0.324. The van der Waals surface area contributed by atoms with Gasteiger partial charge in [-0.05, 0) is 37.1 Å². The fourth-order valence-electron chi connectivity index (χ4n) is 2.27. The lowest BCUT2D eigenvalue weighted by Gasteiger charge is -2.16. The van der Waals surface area contributed by atoms with E-state index >= 15 is 0 Å². The summed E-state index contributed by atoms with van der Waals surface area (Å²) in [6.07, 6.45) is 1.96. The number of carbonyl (C=O) groups excluding carboxylic acids is 2. The van der Waals surface area contributed by atoms with Crippen LogP contribution in [0.15, 0.2) is 42.5 Å². The van der Waals surface area contributed by atoms with E-state index in [1.807, 2.05) is 31.2 Å². The second-order valence-corrected chi connectivity index (χ2v) is 5.76. The van der Waals surface area contributed by atoms with E-state index in [2.05, 4.69) is 17.2 Å². The Labute approximate surface area is 142 Å². The molecule has 0 aliphatic rings. The third-order valence-electron chi connectivity index (χ3n) is 3.79. The molecule has 2 rings (SSSR count). The van der Waals surface area contributed by atoms with Gasteiger partial charge in [-0.3, -0.25) is 9.59 Å². The molecule has 24 heavy (non-hydrogen) atoms. The quantitative estimate of drug-likeness (QED) is 0.884. The van der Waals surface area contributed by atoms with Crippen LogP contribution in [0.4, 0.5) is 5.69 Å². The average molecular weight is 325 g/mol. The number of unbranched alkanes of at least 4 members (excludes halogenated alkanes) is 1. The van der Waals surface area contributed by atoms with Crippen LogP contribution in [-0.2, 0) is 0 Å². The van der Waals surface area contributed by atoms with Gasteiger partial charge in [0.05, 0.1) is 0 Å². The molecule has 0 aliphatic carbocycles. The Morgan fingerprint density at radius 1 is 1.08 bits per heavy atom. The molecule has 0 fully saturated rings. The van der Waals surface area contributed by atoms with E-state index in [9.17, 15) is 9.59 Å². The van der Waals surface area contributed by atoms with Gasteiger partial charge in [-0.2, -0.15) is 0 Å². The SMILES string of the molecule is CCCCN(C)C(=O)c1cccc(C(=O)Nc2ccccc2C)n1. The van der Waals surface area contributed by atoms with E-state index in [1.54, 1.807) is 30.1 Å². The fraction of sp³-hybridized carbons (Fsp3) is 0.316. The molecule has 1 heterocycles. The summed E-state index contributed by atoms with van der Waals surface area (Å²) in [6, 6.07) is 12.5. The predicted molar refractivity (Wildman–Crippen MR) is 95.2 cm³/mol. The number of pyridine rings is 1. The van der Waals surface area contributed by atoms with Crippen molar-refractivity contribution < 1.29 is 9.59 Å². The van der Waals surface area contributed by atoms with Gasteiger partial charge in [0.1, 0.15) is 11.4 Å². The highest BCUT2D eigenvalue weighted by molar-refractivity contribution is 6.04. The molecule has 1 N–H and O–H groups in total. The van der Waals surface area contributed by atoms with E-state index in [0.29, 0.717) is 6.54 Å². The first-order valence-corrected chi connectivity index (χ1v) is 8.12. The maximum atomic E-state index is 12.4. The van der Waals surface area contributed by atoms with Crippen LogP contribution < -0.4 is 5.32 Å². The number of aromatic nitrogens is 1. The molecule has 0 atom stereocenters. The monoisotopic (exact) mass is 325 g/mol. The number of carbonyl (C=O) groups is 2. The van der Waals surface area contributed by atoms with E-state index in [1.165, 1.54) is 0 Å². The molecule has 0 saturated heterocycles. The van der Waals surface area contributed by atoms with Gasteiger partial charge in [0, 0.05) is 19.3 Å². The zero-order chi connectivity index (χ0) is 17.5. The molecule has 5 nitrogen and oxygen atoms in total. The second-order valence-electron chi connectivity index (χ2n) is 5.76. The normalized spacial score (nSPS) is 10.3. The molecule has 2 amide bonds. The van der Waals surface area contributed by atoms with Crippen LogP contribution in [-0.4, -0.2) is 35.3 Å². The maximum Gasteiger partial charge on any atom is 0.274 e. The van der Waals surface area contributed by atoms with Gasteiger partial charge >= 0.3 is 0 Å². The van der Waals surface area contributed by atoms with Crippen molar-refractivity contribution in [1.29, 1.82) is 0 Å². The Morgan fingerprint density at radius 2 is 1.79 bits per heavy atom. The number of hydrogen-bond donors (Lipinski definition) is 1. The summed E-state index contributed by atoms with van der Waals surface area (Å²) in [5.74, 6) is -0.496. The van der Waals surface area contributed by atoms with E-state index in [0.717, 1.165) is 24.1 Å². The highest BCUT2D eigenvalue weighted by Gasteiger charge is 2.16. The van der Waals surface area contributed by atoms with Crippen molar-refractivity contribution >= 4 is 17.5 Å².